The highest BCUT2D eigenvalue weighted by Crippen LogP contribution is 2.46. The molecule has 1 aliphatic carbocycles. The van der Waals surface area contributed by atoms with Crippen LogP contribution in [0.1, 0.15) is 87.3 Å². The molecule has 2 atom stereocenters. The average Bonchev–Trinajstić information content (AvgIpc) is 3.08. The van der Waals surface area contributed by atoms with E-state index < -0.39 is 0 Å². The molecule has 1 saturated carbocycles. The number of benzene rings is 2. The smallest absolute Gasteiger partial charge is 0.338 e. The highest BCUT2D eigenvalue weighted by atomic mass is 16.5. The van der Waals surface area contributed by atoms with E-state index in [9.17, 15) is 4.79 Å². The van der Waals surface area contributed by atoms with Crippen molar-refractivity contribution in [2.24, 2.45) is 11.3 Å². The molecule has 1 heterocycles. The number of carbonyl (C=O) groups excluding carboxylic acids is 1. The molecule has 0 amide bonds. The lowest BCUT2D eigenvalue weighted by Gasteiger charge is -2.40. The first-order chi connectivity index (χ1) is 15.6. The van der Waals surface area contributed by atoms with Crippen molar-refractivity contribution in [3.8, 4) is 0 Å². The predicted octanol–water partition coefficient (Wildman–Crippen LogP) is 7.39. The minimum absolute atomic E-state index is 0.274. The Morgan fingerprint density at radius 2 is 1.88 bits per heavy atom. The van der Waals surface area contributed by atoms with Gasteiger partial charge in [-0.2, -0.15) is 0 Å². The summed E-state index contributed by atoms with van der Waals surface area (Å²) in [5, 5.41) is 3.59. The number of nitrogens with zero attached hydrogens (tertiary/aromatic N) is 2. The average molecular weight is 448 g/mol. The summed E-state index contributed by atoms with van der Waals surface area (Å²) in [6.07, 6.45) is 3.45. The van der Waals surface area contributed by atoms with Crippen molar-refractivity contribution in [1.82, 2.24) is 9.55 Å². The van der Waals surface area contributed by atoms with E-state index in [0.29, 0.717) is 23.4 Å². The van der Waals surface area contributed by atoms with Gasteiger partial charge < -0.3 is 14.6 Å². The van der Waals surface area contributed by atoms with Crippen LogP contribution in [0, 0.1) is 18.3 Å². The third-order valence-electron chi connectivity index (χ3n) is 7.00. The monoisotopic (exact) mass is 447 g/mol. The van der Waals surface area contributed by atoms with Gasteiger partial charge in [0.05, 0.1) is 23.7 Å². The normalized spacial score (nSPS) is 20.2. The summed E-state index contributed by atoms with van der Waals surface area (Å²) in [4.78, 5) is 17.3. The molecule has 33 heavy (non-hydrogen) atoms. The lowest BCUT2D eigenvalue weighted by molar-refractivity contribution is 0.0600. The van der Waals surface area contributed by atoms with E-state index in [0.717, 1.165) is 41.1 Å². The predicted molar refractivity (Wildman–Crippen MR) is 135 cm³/mol. The van der Waals surface area contributed by atoms with Crippen LogP contribution in [0.3, 0.4) is 0 Å². The molecule has 1 aliphatic rings. The molecule has 1 unspecified atom stereocenters. The summed E-state index contributed by atoms with van der Waals surface area (Å²) >= 11 is 0. The zero-order chi connectivity index (χ0) is 23.9. The number of fused-ring (bicyclic) bond motifs is 1. The second-order valence-electron chi connectivity index (χ2n) is 10.9. The van der Waals surface area contributed by atoms with E-state index in [1.165, 1.54) is 19.1 Å². The van der Waals surface area contributed by atoms with Gasteiger partial charge in [-0.1, -0.05) is 46.8 Å². The third kappa shape index (κ3) is 4.78. The van der Waals surface area contributed by atoms with E-state index in [4.69, 9.17) is 9.72 Å². The summed E-state index contributed by atoms with van der Waals surface area (Å²) in [6.45, 7) is 13.5. The molecular weight excluding hydrogens is 410 g/mol. The molecule has 0 radical (unpaired) electrons. The standard InChI is InChI=1S/C28H37N3O2/c1-17(2)20-8-10-21(11-9-20)29-27-30-24-14-23(26(32)33-7)19(4)13-25(24)31(27)22-12-18(3)15-28(5,6)16-22/h8-11,13-14,17-18,22H,12,15-16H2,1-7H3,(H,29,30)/t18?,22-/m0/s1. The molecule has 0 bridgehead atoms. The van der Waals surface area contributed by atoms with Gasteiger partial charge in [0.25, 0.3) is 0 Å². The lowest BCUT2D eigenvalue weighted by atomic mass is 9.70. The maximum Gasteiger partial charge on any atom is 0.338 e. The molecule has 0 spiro atoms. The molecule has 176 valence electrons. The van der Waals surface area contributed by atoms with Gasteiger partial charge in [-0.25, -0.2) is 9.78 Å². The highest BCUT2D eigenvalue weighted by molar-refractivity contribution is 5.96. The molecule has 0 saturated heterocycles. The number of hydrogen-bond donors (Lipinski definition) is 1. The zero-order valence-corrected chi connectivity index (χ0v) is 21.0. The molecule has 1 aromatic heterocycles. The molecule has 3 aromatic rings. The number of rotatable bonds is 5. The van der Waals surface area contributed by atoms with Gasteiger partial charge in [0, 0.05) is 11.7 Å². The maximum absolute atomic E-state index is 12.3. The van der Waals surface area contributed by atoms with E-state index in [1.807, 2.05) is 13.0 Å². The number of nitrogens with one attached hydrogen (secondary N) is 1. The van der Waals surface area contributed by atoms with Crippen LogP contribution in [0.4, 0.5) is 11.6 Å². The minimum Gasteiger partial charge on any atom is -0.465 e. The molecule has 1 N–H and O–H groups in total. The van der Waals surface area contributed by atoms with Crippen molar-refractivity contribution >= 4 is 28.6 Å². The minimum atomic E-state index is -0.324. The molecule has 5 nitrogen and oxygen atoms in total. The van der Waals surface area contributed by atoms with Gasteiger partial charge in [0.2, 0.25) is 5.95 Å². The van der Waals surface area contributed by atoms with Crippen LogP contribution < -0.4 is 5.32 Å². The second-order valence-corrected chi connectivity index (χ2v) is 10.9. The van der Waals surface area contributed by atoms with Crippen LogP contribution in [-0.4, -0.2) is 22.6 Å². The Bertz CT molecular complexity index is 1160. The van der Waals surface area contributed by atoms with Gasteiger partial charge in [-0.05, 0) is 78.8 Å². The van der Waals surface area contributed by atoms with E-state index in [-0.39, 0.29) is 11.4 Å². The first-order valence-corrected chi connectivity index (χ1v) is 12.1. The number of esters is 1. The molecule has 0 aliphatic heterocycles. The number of aryl methyl sites for hydroxylation is 1. The van der Waals surface area contributed by atoms with Crippen LogP contribution in [0.15, 0.2) is 36.4 Å². The van der Waals surface area contributed by atoms with Crippen molar-refractivity contribution < 1.29 is 9.53 Å². The second kappa shape index (κ2) is 8.85. The Kier molecular flexibility index (Phi) is 6.26. The Morgan fingerprint density at radius 1 is 1.18 bits per heavy atom. The number of imidazole rings is 1. The highest BCUT2D eigenvalue weighted by Gasteiger charge is 2.35. The van der Waals surface area contributed by atoms with Crippen molar-refractivity contribution in [2.75, 3.05) is 12.4 Å². The fraction of sp³-hybridized carbons (Fsp3) is 0.500. The fourth-order valence-electron chi connectivity index (χ4n) is 5.61. The van der Waals surface area contributed by atoms with Gasteiger partial charge in [-0.3, -0.25) is 0 Å². The van der Waals surface area contributed by atoms with Crippen LogP contribution >= 0.6 is 0 Å². The Hall–Kier alpha value is -2.82. The molecule has 5 heteroatoms. The number of carbonyl (C=O) groups is 1. The summed E-state index contributed by atoms with van der Waals surface area (Å²) in [5.74, 6) is 1.65. The first kappa shape index (κ1) is 23.3. The molecule has 1 fully saturated rings. The summed E-state index contributed by atoms with van der Waals surface area (Å²) in [6, 6.07) is 12.9. The number of ether oxygens (including phenoxy) is 1. The van der Waals surface area contributed by atoms with E-state index in [2.05, 4.69) is 74.8 Å². The van der Waals surface area contributed by atoms with Crippen LogP contribution in [-0.2, 0) is 4.74 Å². The third-order valence-corrected chi connectivity index (χ3v) is 7.00. The van der Waals surface area contributed by atoms with Gasteiger partial charge in [0.15, 0.2) is 0 Å². The van der Waals surface area contributed by atoms with Gasteiger partial charge in [0.1, 0.15) is 0 Å². The van der Waals surface area contributed by atoms with Crippen LogP contribution in [0.25, 0.3) is 11.0 Å². The molecular formula is C28H37N3O2. The Labute approximate surface area is 197 Å². The number of anilines is 2. The maximum atomic E-state index is 12.3. The Morgan fingerprint density at radius 3 is 2.48 bits per heavy atom. The quantitative estimate of drug-likeness (QED) is 0.414. The first-order valence-electron chi connectivity index (χ1n) is 12.1. The van der Waals surface area contributed by atoms with E-state index >= 15 is 0 Å². The van der Waals surface area contributed by atoms with Crippen LogP contribution in [0.5, 0.6) is 0 Å². The summed E-state index contributed by atoms with van der Waals surface area (Å²) in [5.41, 5.74) is 5.97. The topological polar surface area (TPSA) is 56.1 Å². The van der Waals surface area contributed by atoms with Gasteiger partial charge >= 0.3 is 5.97 Å². The van der Waals surface area contributed by atoms with Crippen molar-refractivity contribution in [2.45, 2.75) is 72.8 Å². The largest absolute Gasteiger partial charge is 0.465 e. The van der Waals surface area contributed by atoms with Crippen LogP contribution in [0.2, 0.25) is 0 Å². The van der Waals surface area contributed by atoms with Crippen molar-refractivity contribution in [3.05, 3.63) is 53.1 Å². The van der Waals surface area contributed by atoms with Crippen molar-refractivity contribution in [1.29, 1.82) is 0 Å². The molecule has 2 aromatic carbocycles. The number of methoxy groups -OCH3 is 1. The Balaban J connectivity index is 1.83. The number of hydrogen-bond acceptors (Lipinski definition) is 4. The molecule has 4 rings (SSSR count). The summed E-state index contributed by atoms with van der Waals surface area (Å²) < 4.78 is 7.37. The summed E-state index contributed by atoms with van der Waals surface area (Å²) in [7, 11) is 1.42. The zero-order valence-electron chi connectivity index (χ0n) is 21.0. The van der Waals surface area contributed by atoms with Crippen molar-refractivity contribution in [3.63, 3.8) is 0 Å². The van der Waals surface area contributed by atoms with E-state index in [1.54, 1.807) is 0 Å². The lowest BCUT2D eigenvalue weighted by Crippen LogP contribution is -2.29. The SMILES string of the molecule is COC(=O)c1cc2nc(Nc3ccc(C(C)C)cc3)n([C@H]3CC(C)CC(C)(C)C3)c2cc1C. The number of aromatic nitrogens is 2. The van der Waals surface area contributed by atoms with Gasteiger partial charge in [-0.15, -0.1) is 0 Å². The fourth-order valence-corrected chi connectivity index (χ4v) is 5.61.